The number of rotatable bonds is 2. The third-order valence-corrected chi connectivity index (χ3v) is 2.58. The number of benzene rings is 1. The smallest absolute Gasteiger partial charge is 0.285 e. The molecule has 0 saturated carbocycles. The minimum absolute atomic E-state index is 0.227. The molecule has 2 aromatic heterocycles. The fourth-order valence-corrected chi connectivity index (χ4v) is 1.72. The lowest BCUT2D eigenvalue weighted by Crippen LogP contribution is -2.32. The van der Waals surface area contributed by atoms with Crippen molar-refractivity contribution in [3.05, 3.63) is 62.4 Å². The molecule has 0 radical (unpaired) electrons. The molecule has 0 amide bonds. The van der Waals surface area contributed by atoms with Gasteiger partial charge in [-0.3, -0.25) is 19.7 Å². The summed E-state index contributed by atoms with van der Waals surface area (Å²) in [5.74, 6) is 0.787. The lowest BCUT2D eigenvalue weighted by Gasteiger charge is -1.99. The summed E-state index contributed by atoms with van der Waals surface area (Å²) >= 11 is 0. The van der Waals surface area contributed by atoms with Crippen LogP contribution in [0.15, 0.2) is 39.9 Å². The van der Waals surface area contributed by atoms with Gasteiger partial charge in [0.15, 0.2) is 5.82 Å². The summed E-state index contributed by atoms with van der Waals surface area (Å²) < 4.78 is 1.39. The molecular formula is C11H9N5O2. The highest BCUT2D eigenvalue weighted by Crippen LogP contribution is 2.05. The maximum Gasteiger partial charge on any atom is 0.328 e. The molecule has 0 aliphatic heterocycles. The van der Waals surface area contributed by atoms with E-state index < -0.39 is 11.1 Å². The van der Waals surface area contributed by atoms with Crippen LogP contribution in [0.4, 0.5) is 0 Å². The Morgan fingerprint density at radius 2 is 1.83 bits per heavy atom. The van der Waals surface area contributed by atoms with E-state index in [4.69, 9.17) is 0 Å². The van der Waals surface area contributed by atoms with Crippen LogP contribution < -0.4 is 11.1 Å². The zero-order chi connectivity index (χ0) is 12.5. The molecule has 7 nitrogen and oxygen atoms in total. The Labute approximate surface area is 100 Å². The summed E-state index contributed by atoms with van der Waals surface area (Å²) in [6.07, 6.45) is 0.518. The minimum Gasteiger partial charge on any atom is -0.285 e. The first-order chi connectivity index (χ1) is 8.74. The first kappa shape index (κ1) is 10.5. The highest BCUT2D eigenvalue weighted by atomic mass is 16.2. The second kappa shape index (κ2) is 3.95. The van der Waals surface area contributed by atoms with Crippen molar-refractivity contribution in [2.75, 3.05) is 0 Å². The van der Waals surface area contributed by atoms with Crippen molar-refractivity contribution in [1.29, 1.82) is 0 Å². The van der Waals surface area contributed by atoms with Gasteiger partial charge in [0.2, 0.25) is 0 Å². The maximum atomic E-state index is 11.3. The van der Waals surface area contributed by atoms with Crippen LogP contribution in [0.25, 0.3) is 5.78 Å². The fourth-order valence-electron chi connectivity index (χ4n) is 1.72. The highest BCUT2D eigenvalue weighted by Gasteiger charge is 2.08. The number of hydrogen-bond donors (Lipinski definition) is 2. The first-order valence-electron chi connectivity index (χ1n) is 5.34. The van der Waals surface area contributed by atoms with Gasteiger partial charge in [0.25, 0.3) is 5.78 Å². The van der Waals surface area contributed by atoms with E-state index in [2.05, 4.69) is 20.3 Å². The molecule has 0 bridgehead atoms. The van der Waals surface area contributed by atoms with Crippen LogP contribution in [-0.2, 0) is 6.42 Å². The molecule has 7 heteroatoms. The lowest BCUT2D eigenvalue weighted by molar-refractivity contribution is 0.796. The van der Waals surface area contributed by atoms with E-state index >= 15 is 0 Å². The van der Waals surface area contributed by atoms with Crippen molar-refractivity contribution in [1.82, 2.24) is 24.8 Å². The van der Waals surface area contributed by atoms with E-state index in [0.29, 0.717) is 12.2 Å². The van der Waals surface area contributed by atoms with Crippen LogP contribution in [-0.4, -0.2) is 24.8 Å². The van der Waals surface area contributed by atoms with E-state index in [1.165, 1.54) is 4.52 Å². The van der Waals surface area contributed by atoms with Crippen molar-refractivity contribution >= 4 is 5.78 Å². The average Bonchev–Trinajstić information content (AvgIpc) is 2.74. The molecule has 90 valence electrons. The predicted octanol–water partition coefficient (Wildman–Crippen LogP) is -0.303. The first-order valence-corrected chi connectivity index (χ1v) is 5.34. The van der Waals surface area contributed by atoms with Gasteiger partial charge in [0, 0.05) is 6.42 Å². The lowest BCUT2D eigenvalue weighted by atomic mass is 10.1. The Morgan fingerprint density at radius 1 is 1.06 bits per heavy atom. The predicted molar refractivity (Wildman–Crippen MR) is 63.5 cm³/mol. The molecule has 0 aliphatic carbocycles. The number of hydrogen-bond acceptors (Lipinski definition) is 4. The summed E-state index contributed by atoms with van der Waals surface area (Å²) in [4.78, 5) is 24.7. The van der Waals surface area contributed by atoms with Crippen LogP contribution in [0.3, 0.4) is 0 Å². The molecule has 0 atom stereocenters. The Morgan fingerprint density at radius 3 is 2.61 bits per heavy atom. The van der Waals surface area contributed by atoms with Gasteiger partial charge in [0.05, 0.1) is 0 Å². The standard InChI is InChI=1S/C11H9N5O2/c17-9-10(18)15-16-8(13-14-11(16)12-9)6-7-4-2-1-3-5-7/h1-5H,6H2,(H,15,18)(H,12,14,17). The van der Waals surface area contributed by atoms with Crippen molar-refractivity contribution in [2.45, 2.75) is 6.42 Å². The summed E-state index contributed by atoms with van der Waals surface area (Å²) in [6, 6.07) is 9.66. The van der Waals surface area contributed by atoms with E-state index in [1.54, 1.807) is 0 Å². The Hall–Kier alpha value is -2.70. The van der Waals surface area contributed by atoms with Crippen LogP contribution >= 0.6 is 0 Å². The third-order valence-electron chi connectivity index (χ3n) is 2.58. The molecule has 0 aliphatic rings. The van der Waals surface area contributed by atoms with Crippen molar-refractivity contribution in [2.24, 2.45) is 0 Å². The largest absolute Gasteiger partial charge is 0.328 e. The SMILES string of the molecule is O=c1[nH]c2nnc(Cc3ccccc3)n2[nH]c1=O. The van der Waals surface area contributed by atoms with Crippen LogP contribution in [0.1, 0.15) is 11.4 Å². The number of fused-ring (bicyclic) bond motifs is 1. The molecule has 2 N–H and O–H groups in total. The molecule has 0 spiro atoms. The van der Waals surface area contributed by atoms with E-state index in [0.717, 1.165) is 5.56 Å². The normalized spacial score (nSPS) is 10.9. The second-order valence-electron chi connectivity index (χ2n) is 3.83. The van der Waals surface area contributed by atoms with E-state index in [1.807, 2.05) is 30.3 Å². The monoisotopic (exact) mass is 243 g/mol. The molecule has 1 aromatic carbocycles. The van der Waals surface area contributed by atoms with Gasteiger partial charge in [0.1, 0.15) is 0 Å². The number of nitrogens with one attached hydrogen (secondary N) is 2. The third kappa shape index (κ3) is 1.71. The molecule has 3 aromatic rings. The van der Waals surface area contributed by atoms with Crippen LogP contribution in [0.2, 0.25) is 0 Å². The second-order valence-corrected chi connectivity index (χ2v) is 3.83. The zero-order valence-electron chi connectivity index (χ0n) is 9.25. The summed E-state index contributed by atoms with van der Waals surface area (Å²) in [6.45, 7) is 0. The molecule has 0 unspecified atom stereocenters. The van der Waals surface area contributed by atoms with Gasteiger partial charge in [-0.1, -0.05) is 30.3 Å². The van der Waals surface area contributed by atoms with Gasteiger partial charge in [-0.15, -0.1) is 10.2 Å². The molecule has 3 rings (SSSR count). The quantitative estimate of drug-likeness (QED) is 0.604. The van der Waals surface area contributed by atoms with Gasteiger partial charge < -0.3 is 0 Å². The van der Waals surface area contributed by atoms with Gasteiger partial charge in [-0.2, -0.15) is 0 Å². The highest BCUT2D eigenvalue weighted by molar-refractivity contribution is 5.26. The van der Waals surface area contributed by atoms with Crippen LogP contribution in [0.5, 0.6) is 0 Å². The Balaban J connectivity index is 2.11. The van der Waals surface area contributed by atoms with Crippen LogP contribution in [0, 0.1) is 0 Å². The number of nitrogens with zero attached hydrogens (tertiary/aromatic N) is 3. The fraction of sp³-hybridized carbons (Fsp3) is 0.0909. The summed E-state index contributed by atoms with van der Waals surface area (Å²) in [5, 5.41) is 10.2. The van der Waals surface area contributed by atoms with Crippen molar-refractivity contribution < 1.29 is 0 Å². The van der Waals surface area contributed by atoms with Crippen molar-refractivity contribution in [3.63, 3.8) is 0 Å². The molecule has 18 heavy (non-hydrogen) atoms. The summed E-state index contributed by atoms with van der Waals surface area (Å²) in [7, 11) is 0. The Kier molecular flexibility index (Phi) is 2.30. The van der Waals surface area contributed by atoms with Gasteiger partial charge in [-0.25, -0.2) is 4.52 Å². The van der Waals surface area contributed by atoms with E-state index in [-0.39, 0.29) is 5.78 Å². The average molecular weight is 243 g/mol. The van der Waals surface area contributed by atoms with Gasteiger partial charge >= 0.3 is 11.1 Å². The van der Waals surface area contributed by atoms with Gasteiger partial charge in [-0.05, 0) is 5.56 Å². The maximum absolute atomic E-state index is 11.3. The zero-order valence-corrected chi connectivity index (χ0v) is 9.25. The summed E-state index contributed by atoms with van der Waals surface area (Å²) in [5.41, 5.74) is -0.420. The number of aromatic nitrogens is 5. The molecule has 2 heterocycles. The Bertz CT molecular complexity index is 799. The molecule has 0 fully saturated rings. The number of aromatic amines is 2. The minimum atomic E-state index is -0.735. The molecular weight excluding hydrogens is 234 g/mol. The van der Waals surface area contributed by atoms with Crippen molar-refractivity contribution in [3.8, 4) is 0 Å². The molecule has 0 saturated heterocycles. The number of H-pyrrole nitrogens is 2. The topological polar surface area (TPSA) is 95.9 Å². The van der Waals surface area contributed by atoms with E-state index in [9.17, 15) is 9.59 Å².